The molecule has 0 saturated heterocycles. The van der Waals surface area contributed by atoms with E-state index in [2.05, 4.69) is 25.5 Å². The highest BCUT2D eigenvalue weighted by Gasteiger charge is 2.14. The molecule has 0 spiro atoms. The summed E-state index contributed by atoms with van der Waals surface area (Å²) in [5.41, 5.74) is 9.96. The van der Waals surface area contributed by atoms with E-state index in [1.165, 1.54) is 0 Å². The highest BCUT2D eigenvalue weighted by molar-refractivity contribution is 5.65. The number of ether oxygens (including phenoxy) is 1. The predicted octanol–water partition coefficient (Wildman–Crippen LogP) is 2.69. The average molecular weight is 349 g/mol. The van der Waals surface area contributed by atoms with E-state index in [0.29, 0.717) is 24.0 Å². The summed E-state index contributed by atoms with van der Waals surface area (Å²) in [5, 5.41) is 10.2. The van der Waals surface area contributed by atoms with Crippen molar-refractivity contribution < 1.29 is 4.74 Å². The molecule has 26 heavy (non-hydrogen) atoms. The van der Waals surface area contributed by atoms with E-state index >= 15 is 0 Å². The molecule has 1 aromatic carbocycles. The van der Waals surface area contributed by atoms with Crippen LogP contribution in [-0.4, -0.2) is 31.7 Å². The number of aryl methyl sites for hydroxylation is 1. The third-order valence-electron chi connectivity index (χ3n) is 4.16. The molecule has 0 bridgehead atoms. The molecule has 8 nitrogen and oxygen atoms in total. The third kappa shape index (κ3) is 2.92. The molecule has 0 aliphatic heterocycles. The smallest absolute Gasteiger partial charge is 0.216 e. The van der Waals surface area contributed by atoms with Crippen molar-refractivity contribution in [2.24, 2.45) is 0 Å². The van der Waals surface area contributed by atoms with Gasteiger partial charge in [-0.3, -0.25) is 9.50 Å². The van der Waals surface area contributed by atoms with Crippen LogP contribution >= 0.6 is 0 Å². The van der Waals surface area contributed by atoms with Crippen LogP contribution in [0.4, 0.5) is 17.6 Å². The van der Waals surface area contributed by atoms with Crippen molar-refractivity contribution in [2.45, 2.75) is 13.3 Å². The number of methoxy groups -OCH3 is 1. The minimum absolute atomic E-state index is 0.439. The fourth-order valence-corrected chi connectivity index (χ4v) is 2.85. The molecule has 0 saturated carbocycles. The first-order valence-corrected chi connectivity index (χ1v) is 8.17. The van der Waals surface area contributed by atoms with Gasteiger partial charge in [0.15, 0.2) is 5.82 Å². The molecule has 8 heteroatoms. The van der Waals surface area contributed by atoms with E-state index in [1.54, 1.807) is 13.3 Å². The van der Waals surface area contributed by atoms with Crippen molar-refractivity contribution in [3.05, 3.63) is 59.5 Å². The number of nitrogens with two attached hydrogens (primary N) is 1. The van der Waals surface area contributed by atoms with Crippen LogP contribution in [0.2, 0.25) is 0 Å². The van der Waals surface area contributed by atoms with Crippen molar-refractivity contribution in [1.82, 2.24) is 24.6 Å². The molecule has 0 fully saturated rings. The van der Waals surface area contributed by atoms with Crippen molar-refractivity contribution >= 4 is 23.2 Å². The van der Waals surface area contributed by atoms with Gasteiger partial charge >= 0.3 is 0 Å². The van der Waals surface area contributed by atoms with E-state index < -0.39 is 0 Å². The standard InChI is InChI=1S/C18H19N7O/c1-11-9-15(24-23-11)21-18-22-16(19)14(17-20-7-8-25(17)18)10-12-3-5-13(26-2)6-4-12/h3-9H,10,19H2,1-2H3,(H2,21,22,23,24). The van der Waals surface area contributed by atoms with E-state index in [0.717, 1.165) is 28.2 Å². The van der Waals surface area contributed by atoms with Gasteiger partial charge in [-0.05, 0) is 24.6 Å². The fraction of sp³-hybridized carbons (Fsp3) is 0.167. The van der Waals surface area contributed by atoms with Gasteiger partial charge in [-0.1, -0.05) is 12.1 Å². The Kier molecular flexibility index (Phi) is 3.92. The molecule has 3 aromatic heterocycles. The molecular weight excluding hydrogens is 330 g/mol. The van der Waals surface area contributed by atoms with E-state index in [4.69, 9.17) is 10.5 Å². The average Bonchev–Trinajstić information content (AvgIpc) is 3.28. The van der Waals surface area contributed by atoms with Crippen LogP contribution in [0.1, 0.15) is 16.8 Å². The molecule has 132 valence electrons. The number of hydrogen-bond donors (Lipinski definition) is 3. The second-order valence-electron chi connectivity index (χ2n) is 6.01. The van der Waals surface area contributed by atoms with Crippen molar-refractivity contribution in [2.75, 3.05) is 18.2 Å². The predicted molar refractivity (Wildman–Crippen MR) is 99.8 cm³/mol. The first-order chi connectivity index (χ1) is 12.6. The fourth-order valence-electron chi connectivity index (χ4n) is 2.85. The minimum atomic E-state index is 0.439. The normalized spacial score (nSPS) is 11.0. The molecule has 0 radical (unpaired) electrons. The van der Waals surface area contributed by atoms with Crippen molar-refractivity contribution in [3.63, 3.8) is 0 Å². The van der Waals surface area contributed by atoms with Crippen LogP contribution in [0.15, 0.2) is 42.7 Å². The van der Waals surface area contributed by atoms with E-state index in [-0.39, 0.29) is 0 Å². The van der Waals surface area contributed by atoms with Gasteiger partial charge in [-0.25, -0.2) is 4.98 Å². The molecule has 3 heterocycles. The van der Waals surface area contributed by atoms with Crippen LogP contribution in [-0.2, 0) is 6.42 Å². The molecule has 4 aromatic rings. The lowest BCUT2D eigenvalue weighted by Crippen LogP contribution is -2.09. The number of fused-ring (bicyclic) bond motifs is 1. The largest absolute Gasteiger partial charge is 0.497 e. The lowest BCUT2D eigenvalue weighted by Gasteiger charge is -2.12. The first-order valence-electron chi connectivity index (χ1n) is 8.17. The summed E-state index contributed by atoms with van der Waals surface area (Å²) in [7, 11) is 1.65. The zero-order chi connectivity index (χ0) is 18.1. The summed E-state index contributed by atoms with van der Waals surface area (Å²) in [4.78, 5) is 8.99. The Hall–Kier alpha value is -3.55. The topological polar surface area (TPSA) is 106 Å². The molecular formula is C18H19N7O. The Labute approximate surface area is 150 Å². The first kappa shape index (κ1) is 15.9. The summed E-state index contributed by atoms with van der Waals surface area (Å²) in [6.07, 6.45) is 4.21. The number of imidazole rings is 1. The van der Waals surface area contributed by atoms with Gasteiger partial charge in [0.2, 0.25) is 5.95 Å². The number of H-pyrrole nitrogens is 1. The molecule has 0 atom stereocenters. The van der Waals surface area contributed by atoms with Gasteiger partial charge in [0.25, 0.3) is 0 Å². The number of aromatic nitrogens is 5. The maximum atomic E-state index is 6.25. The van der Waals surface area contributed by atoms with Gasteiger partial charge in [-0.2, -0.15) is 10.1 Å². The van der Waals surface area contributed by atoms with Gasteiger partial charge in [0.1, 0.15) is 17.2 Å². The van der Waals surface area contributed by atoms with Gasteiger partial charge < -0.3 is 15.8 Å². The number of nitrogens with one attached hydrogen (secondary N) is 2. The number of rotatable bonds is 5. The van der Waals surface area contributed by atoms with Crippen LogP contribution < -0.4 is 15.8 Å². The highest BCUT2D eigenvalue weighted by atomic mass is 16.5. The lowest BCUT2D eigenvalue weighted by atomic mass is 10.1. The second kappa shape index (κ2) is 6.40. The maximum Gasteiger partial charge on any atom is 0.216 e. The van der Waals surface area contributed by atoms with Crippen molar-refractivity contribution in [1.29, 1.82) is 0 Å². The number of hydrogen-bond acceptors (Lipinski definition) is 6. The number of benzene rings is 1. The second-order valence-corrected chi connectivity index (χ2v) is 6.01. The summed E-state index contributed by atoms with van der Waals surface area (Å²) in [6.45, 7) is 1.94. The molecule has 0 unspecified atom stereocenters. The molecule has 4 rings (SSSR count). The van der Waals surface area contributed by atoms with Crippen LogP contribution in [0.25, 0.3) is 5.65 Å². The molecule has 0 amide bonds. The number of nitrogen functional groups attached to an aromatic ring is 1. The Morgan fingerprint density at radius 3 is 2.77 bits per heavy atom. The summed E-state index contributed by atoms with van der Waals surface area (Å²) in [5.74, 6) is 2.50. The third-order valence-corrected chi connectivity index (χ3v) is 4.16. The Bertz CT molecular complexity index is 1050. The zero-order valence-electron chi connectivity index (χ0n) is 14.5. The highest BCUT2D eigenvalue weighted by Crippen LogP contribution is 2.25. The lowest BCUT2D eigenvalue weighted by molar-refractivity contribution is 0.414. The quantitative estimate of drug-likeness (QED) is 0.511. The minimum Gasteiger partial charge on any atom is -0.497 e. The molecule has 0 aliphatic rings. The maximum absolute atomic E-state index is 6.25. The molecule has 0 aliphatic carbocycles. The SMILES string of the molecule is COc1ccc(Cc2c(N)nc(Nc3cc(C)[nH]n3)n3ccnc23)cc1. The summed E-state index contributed by atoms with van der Waals surface area (Å²) in [6, 6.07) is 9.77. The Morgan fingerprint density at radius 2 is 2.08 bits per heavy atom. The number of aromatic amines is 1. The van der Waals surface area contributed by atoms with Crippen molar-refractivity contribution in [3.8, 4) is 5.75 Å². The monoisotopic (exact) mass is 349 g/mol. The summed E-state index contributed by atoms with van der Waals surface area (Å²) >= 11 is 0. The Morgan fingerprint density at radius 1 is 1.27 bits per heavy atom. The van der Waals surface area contributed by atoms with Crippen LogP contribution in [0.5, 0.6) is 5.75 Å². The van der Waals surface area contributed by atoms with Crippen LogP contribution in [0.3, 0.4) is 0 Å². The summed E-state index contributed by atoms with van der Waals surface area (Å²) < 4.78 is 7.08. The van der Waals surface area contributed by atoms with E-state index in [9.17, 15) is 0 Å². The number of anilines is 3. The van der Waals surface area contributed by atoms with Crippen LogP contribution in [0, 0.1) is 6.92 Å². The number of nitrogens with zero attached hydrogens (tertiary/aromatic N) is 4. The zero-order valence-corrected chi connectivity index (χ0v) is 14.5. The molecule has 4 N–H and O–H groups in total. The van der Waals surface area contributed by atoms with Gasteiger partial charge in [0.05, 0.1) is 7.11 Å². The van der Waals surface area contributed by atoms with E-state index in [1.807, 2.05) is 47.9 Å². The van der Waals surface area contributed by atoms with Gasteiger partial charge in [0, 0.05) is 36.1 Å². The van der Waals surface area contributed by atoms with Gasteiger partial charge in [-0.15, -0.1) is 0 Å². The Balaban J connectivity index is 1.70.